The highest BCUT2D eigenvalue weighted by Crippen LogP contribution is 2.28. The Bertz CT molecular complexity index is 414. The summed E-state index contributed by atoms with van der Waals surface area (Å²) in [5.74, 6) is -0.897. The molecule has 19 heavy (non-hydrogen) atoms. The summed E-state index contributed by atoms with van der Waals surface area (Å²) in [7, 11) is 0. The molecule has 1 aromatic rings. The van der Waals surface area contributed by atoms with Crippen molar-refractivity contribution in [2.45, 2.75) is 38.7 Å². The topological polar surface area (TPSA) is 72.5 Å². The van der Waals surface area contributed by atoms with Crippen LogP contribution in [0, 0.1) is 6.92 Å². The van der Waals surface area contributed by atoms with Crippen molar-refractivity contribution in [2.24, 2.45) is 5.73 Å². The number of aryl methyl sites for hydroxylation is 1. The van der Waals surface area contributed by atoms with E-state index in [1.165, 1.54) is 0 Å². The zero-order valence-electron chi connectivity index (χ0n) is 11.8. The molecule has 1 rings (SSSR count). The van der Waals surface area contributed by atoms with E-state index in [1.54, 1.807) is 0 Å². The number of aliphatic carboxylic acids is 1. The zero-order valence-corrected chi connectivity index (χ0v) is 11.8. The first-order valence-corrected chi connectivity index (χ1v) is 6.54. The van der Waals surface area contributed by atoms with E-state index in [0.717, 1.165) is 11.1 Å². The first-order chi connectivity index (χ1) is 8.92. The Balaban J connectivity index is 2.98. The molecule has 0 amide bonds. The Labute approximate surface area is 114 Å². The molecule has 1 unspecified atom stereocenters. The van der Waals surface area contributed by atoms with Gasteiger partial charge in [-0.1, -0.05) is 29.8 Å². The van der Waals surface area contributed by atoms with E-state index >= 15 is 0 Å². The average molecular weight is 265 g/mol. The van der Waals surface area contributed by atoms with E-state index in [-0.39, 0.29) is 12.6 Å². The summed E-state index contributed by atoms with van der Waals surface area (Å²) in [5, 5.41) is 9.58. The summed E-state index contributed by atoms with van der Waals surface area (Å²) < 4.78 is 5.48. The molecule has 4 nitrogen and oxygen atoms in total. The third-order valence-electron chi connectivity index (χ3n) is 3.34. The molecule has 0 radical (unpaired) electrons. The van der Waals surface area contributed by atoms with Gasteiger partial charge in [0.05, 0.1) is 6.10 Å². The lowest BCUT2D eigenvalue weighted by Gasteiger charge is -2.29. The van der Waals surface area contributed by atoms with Gasteiger partial charge in [-0.3, -0.25) is 4.79 Å². The van der Waals surface area contributed by atoms with Crippen molar-refractivity contribution in [1.29, 1.82) is 0 Å². The summed E-state index contributed by atoms with van der Waals surface area (Å²) in [5.41, 5.74) is 6.52. The maximum Gasteiger partial charge on any atom is 0.315 e. The van der Waals surface area contributed by atoms with Crippen LogP contribution in [0.3, 0.4) is 0 Å². The number of nitrogens with two attached hydrogens (primary N) is 1. The molecule has 0 bridgehead atoms. The number of carboxylic acid groups (broad SMARTS) is 1. The Kier molecular flexibility index (Phi) is 5.51. The molecular weight excluding hydrogens is 242 g/mol. The highest BCUT2D eigenvalue weighted by Gasteiger charge is 2.38. The molecule has 0 spiro atoms. The van der Waals surface area contributed by atoms with Crippen LogP contribution in [0.15, 0.2) is 24.3 Å². The Hall–Kier alpha value is -1.39. The number of hydrogen-bond acceptors (Lipinski definition) is 3. The predicted octanol–water partition coefficient (Wildman–Crippen LogP) is 2.09. The highest BCUT2D eigenvalue weighted by molar-refractivity contribution is 5.81. The molecule has 0 aliphatic rings. The third kappa shape index (κ3) is 3.78. The molecule has 0 saturated heterocycles. The molecule has 0 aromatic heterocycles. The Morgan fingerprint density at radius 2 is 1.95 bits per heavy atom. The average Bonchev–Trinajstić information content (AvgIpc) is 2.35. The van der Waals surface area contributed by atoms with E-state index in [9.17, 15) is 9.90 Å². The van der Waals surface area contributed by atoms with Crippen LogP contribution >= 0.6 is 0 Å². The monoisotopic (exact) mass is 265 g/mol. The van der Waals surface area contributed by atoms with E-state index < -0.39 is 11.4 Å². The number of hydrogen-bond donors (Lipinski definition) is 2. The van der Waals surface area contributed by atoms with E-state index in [0.29, 0.717) is 13.0 Å². The maximum atomic E-state index is 11.7. The first-order valence-electron chi connectivity index (χ1n) is 6.54. The van der Waals surface area contributed by atoms with Crippen molar-refractivity contribution < 1.29 is 14.6 Å². The zero-order chi connectivity index (χ0) is 14.5. The molecule has 3 N–H and O–H groups in total. The van der Waals surface area contributed by atoms with Crippen LogP contribution in [-0.4, -0.2) is 30.3 Å². The van der Waals surface area contributed by atoms with Gasteiger partial charge < -0.3 is 15.6 Å². The fourth-order valence-corrected chi connectivity index (χ4v) is 2.02. The van der Waals surface area contributed by atoms with Crippen molar-refractivity contribution >= 4 is 5.97 Å². The lowest BCUT2D eigenvalue weighted by atomic mass is 9.77. The van der Waals surface area contributed by atoms with Gasteiger partial charge in [-0.05, 0) is 32.8 Å². The molecule has 106 valence electrons. The minimum absolute atomic E-state index is 0.0624. The van der Waals surface area contributed by atoms with Gasteiger partial charge in [0.25, 0.3) is 0 Å². The standard InChI is InChI=1S/C15H23NO3/c1-11(2)19-9-8-15(10-16,14(17)18)13-6-4-12(3)5-7-13/h4-7,11H,8-10,16H2,1-3H3,(H,17,18). The van der Waals surface area contributed by atoms with E-state index in [2.05, 4.69) is 0 Å². The van der Waals surface area contributed by atoms with Crippen molar-refractivity contribution in [1.82, 2.24) is 0 Å². The number of benzene rings is 1. The first kappa shape index (κ1) is 15.7. The highest BCUT2D eigenvalue weighted by atomic mass is 16.5. The third-order valence-corrected chi connectivity index (χ3v) is 3.34. The Morgan fingerprint density at radius 1 is 1.37 bits per heavy atom. The van der Waals surface area contributed by atoms with Crippen LogP contribution in [0.5, 0.6) is 0 Å². The van der Waals surface area contributed by atoms with Gasteiger partial charge in [-0.15, -0.1) is 0 Å². The molecule has 0 heterocycles. The second-order valence-electron chi connectivity index (χ2n) is 5.13. The predicted molar refractivity (Wildman–Crippen MR) is 75.3 cm³/mol. The lowest BCUT2D eigenvalue weighted by molar-refractivity contribution is -0.144. The smallest absolute Gasteiger partial charge is 0.315 e. The second kappa shape index (κ2) is 6.68. The number of carboxylic acids is 1. The van der Waals surface area contributed by atoms with Crippen molar-refractivity contribution in [2.75, 3.05) is 13.2 Å². The molecule has 1 atom stereocenters. The summed E-state index contributed by atoms with van der Waals surface area (Å²) in [4.78, 5) is 11.7. The number of ether oxygens (including phenoxy) is 1. The molecule has 0 aliphatic carbocycles. The normalized spacial score (nSPS) is 14.4. The molecule has 1 aromatic carbocycles. The Morgan fingerprint density at radius 3 is 2.37 bits per heavy atom. The maximum absolute atomic E-state index is 11.7. The minimum Gasteiger partial charge on any atom is -0.481 e. The van der Waals surface area contributed by atoms with Crippen LogP contribution < -0.4 is 5.73 Å². The van der Waals surface area contributed by atoms with Crippen LogP contribution in [0.25, 0.3) is 0 Å². The van der Waals surface area contributed by atoms with Crippen molar-refractivity contribution in [3.63, 3.8) is 0 Å². The van der Waals surface area contributed by atoms with Crippen LogP contribution in [0.1, 0.15) is 31.4 Å². The second-order valence-corrected chi connectivity index (χ2v) is 5.13. The fraction of sp³-hybridized carbons (Fsp3) is 0.533. The molecule has 0 aliphatic heterocycles. The van der Waals surface area contributed by atoms with Gasteiger partial charge in [0.1, 0.15) is 5.41 Å². The van der Waals surface area contributed by atoms with Gasteiger partial charge in [-0.25, -0.2) is 0 Å². The largest absolute Gasteiger partial charge is 0.481 e. The van der Waals surface area contributed by atoms with Gasteiger partial charge in [0, 0.05) is 13.2 Å². The molecular formula is C15H23NO3. The van der Waals surface area contributed by atoms with E-state index in [4.69, 9.17) is 10.5 Å². The van der Waals surface area contributed by atoms with Gasteiger partial charge in [-0.2, -0.15) is 0 Å². The molecule has 0 saturated carbocycles. The summed E-state index contributed by atoms with van der Waals surface area (Å²) in [6.45, 7) is 6.27. The number of rotatable bonds is 7. The quantitative estimate of drug-likeness (QED) is 0.792. The van der Waals surface area contributed by atoms with Gasteiger partial charge in [0.15, 0.2) is 0 Å². The number of carbonyl (C=O) groups is 1. The molecule has 0 fully saturated rings. The summed E-state index contributed by atoms with van der Waals surface area (Å²) >= 11 is 0. The van der Waals surface area contributed by atoms with Crippen molar-refractivity contribution in [3.05, 3.63) is 35.4 Å². The van der Waals surface area contributed by atoms with Crippen molar-refractivity contribution in [3.8, 4) is 0 Å². The fourth-order valence-electron chi connectivity index (χ4n) is 2.02. The summed E-state index contributed by atoms with van der Waals surface area (Å²) in [6, 6.07) is 7.50. The van der Waals surface area contributed by atoms with Gasteiger partial charge >= 0.3 is 5.97 Å². The van der Waals surface area contributed by atoms with E-state index in [1.807, 2.05) is 45.0 Å². The van der Waals surface area contributed by atoms with Gasteiger partial charge in [0.2, 0.25) is 0 Å². The summed E-state index contributed by atoms with van der Waals surface area (Å²) in [6.07, 6.45) is 0.461. The molecule has 4 heteroatoms. The minimum atomic E-state index is -1.07. The van der Waals surface area contributed by atoms with Crippen LogP contribution in [-0.2, 0) is 14.9 Å². The SMILES string of the molecule is Cc1ccc(C(CN)(CCOC(C)C)C(=O)O)cc1. The van der Waals surface area contributed by atoms with Crippen LogP contribution in [0.4, 0.5) is 0 Å². The lowest BCUT2D eigenvalue weighted by Crippen LogP contribution is -2.44. The van der Waals surface area contributed by atoms with Crippen LogP contribution in [0.2, 0.25) is 0 Å².